The monoisotopic (exact) mass is 383 g/mol. The second kappa shape index (κ2) is 7.67. The number of aliphatic carboxylic acids is 1. The summed E-state index contributed by atoms with van der Waals surface area (Å²) >= 11 is 0.868. The van der Waals surface area contributed by atoms with Crippen molar-refractivity contribution in [2.45, 2.75) is 20.0 Å². The van der Waals surface area contributed by atoms with Gasteiger partial charge in [0.15, 0.2) is 6.10 Å². The second-order valence-corrected chi connectivity index (χ2v) is 6.97. The number of anilines is 1. The first-order valence-electron chi connectivity index (χ1n) is 8.20. The van der Waals surface area contributed by atoms with Gasteiger partial charge in [-0.3, -0.25) is 9.59 Å². The van der Waals surface area contributed by atoms with Gasteiger partial charge in [-0.2, -0.15) is 0 Å². The SMILES string of the molecule is Cc1ccccc1N1C(=O)S/C(=C/c2cccc(OC(C)C(=O)O)c2)C1=O. The fourth-order valence-corrected chi connectivity index (χ4v) is 3.41. The van der Waals surface area contributed by atoms with Crippen LogP contribution in [-0.2, 0) is 9.59 Å². The molecule has 3 rings (SSSR count). The quantitative estimate of drug-likeness (QED) is 0.783. The predicted octanol–water partition coefficient (Wildman–Crippen LogP) is 4.09. The number of thioether (sulfide) groups is 1. The van der Waals surface area contributed by atoms with Crippen molar-refractivity contribution < 1.29 is 24.2 Å². The molecule has 1 aliphatic heterocycles. The van der Waals surface area contributed by atoms with E-state index in [1.807, 2.05) is 19.1 Å². The minimum absolute atomic E-state index is 0.298. The van der Waals surface area contributed by atoms with Crippen LogP contribution in [0.5, 0.6) is 5.75 Å². The largest absolute Gasteiger partial charge is 0.479 e. The summed E-state index contributed by atoms with van der Waals surface area (Å²) in [6, 6.07) is 13.9. The Balaban J connectivity index is 1.86. The first-order valence-corrected chi connectivity index (χ1v) is 9.01. The fraction of sp³-hybridized carbons (Fsp3) is 0.150. The van der Waals surface area contributed by atoms with Gasteiger partial charge in [0.1, 0.15) is 5.75 Å². The Morgan fingerprint density at radius 3 is 2.63 bits per heavy atom. The van der Waals surface area contributed by atoms with Crippen molar-refractivity contribution in [3.8, 4) is 5.75 Å². The van der Waals surface area contributed by atoms with Crippen molar-refractivity contribution in [3.05, 3.63) is 64.6 Å². The predicted molar refractivity (Wildman–Crippen MR) is 104 cm³/mol. The van der Waals surface area contributed by atoms with Crippen LogP contribution in [0.25, 0.3) is 6.08 Å². The Bertz CT molecular complexity index is 953. The van der Waals surface area contributed by atoms with Gasteiger partial charge in [-0.05, 0) is 61.0 Å². The molecule has 2 amide bonds. The molecule has 6 nitrogen and oxygen atoms in total. The van der Waals surface area contributed by atoms with E-state index in [0.29, 0.717) is 21.9 Å². The van der Waals surface area contributed by atoms with Crippen molar-refractivity contribution in [1.82, 2.24) is 0 Å². The Labute approximate surface area is 160 Å². The van der Waals surface area contributed by atoms with E-state index >= 15 is 0 Å². The van der Waals surface area contributed by atoms with E-state index in [1.54, 1.807) is 42.5 Å². The number of hydrogen-bond donors (Lipinski definition) is 1. The zero-order valence-electron chi connectivity index (χ0n) is 14.7. The Morgan fingerprint density at radius 2 is 1.93 bits per heavy atom. The van der Waals surface area contributed by atoms with Crippen LogP contribution in [0.15, 0.2) is 53.4 Å². The number of benzene rings is 2. The molecule has 27 heavy (non-hydrogen) atoms. The summed E-state index contributed by atoms with van der Waals surface area (Å²) in [6.45, 7) is 3.27. The van der Waals surface area contributed by atoms with E-state index < -0.39 is 12.1 Å². The molecule has 0 aliphatic carbocycles. The van der Waals surface area contributed by atoms with Crippen molar-refractivity contribution in [3.63, 3.8) is 0 Å². The van der Waals surface area contributed by atoms with E-state index in [1.165, 1.54) is 11.8 Å². The smallest absolute Gasteiger partial charge is 0.344 e. The van der Waals surface area contributed by atoms with Gasteiger partial charge in [-0.1, -0.05) is 30.3 Å². The van der Waals surface area contributed by atoms with Crippen LogP contribution in [0.3, 0.4) is 0 Å². The Morgan fingerprint density at radius 1 is 1.19 bits per heavy atom. The normalized spacial score (nSPS) is 16.7. The average molecular weight is 383 g/mol. The number of carbonyl (C=O) groups is 3. The highest BCUT2D eigenvalue weighted by Gasteiger charge is 2.36. The number of rotatable bonds is 5. The van der Waals surface area contributed by atoms with E-state index in [4.69, 9.17) is 9.84 Å². The minimum Gasteiger partial charge on any atom is -0.479 e. The summed E-state index contributed by atoms with van der Waals surface area (Å²) in [5.41, 5.74) is 2.04. The fourth-order valence-electron chi connectivity index (χ4n) is 2.57. The lowest BCUT2D eigenvalue weighted by molar-refractivity contribution is -0.144. The molecule has 2 aromatic rings. The maximum Gasteiger partial charge on any atom is 0.344 e. The molecule has 2 aromatic carbocycles. The number of para-hydroxylation sites is 1. The van der Waals surface area contributed by atoms with Crippen LogP contribution in [-0.4, -0.2) is 28.3 Å². The summed E-state index contributed by atoms with van der Waals surface area (Å²) < 4.78 is 5.34. The molecule has 1 aliphatic rings. The van der Waals surface area contributed by atoms with Gasteiger partial charge >= 0.3 is 5.97 Å². The highest BCUT2D eigenvalue weighted by molar-refractivity contribution is 8.19. The molecule has 1 N–H and O–H groups in total. The maximum atomic E-state index is 12.7. The molecule has 1 atom stereocenters. The van der Waals surface area contributed by atoms with E-state index in [-0.39, 0.29) is 11.1 Å². The van der Waals surface area contributed by atoms with Gasteiger partial charge in [-0.25, -0.2) is 9.69 Å². The lowest BCUT2D eigenvalue weighted by Gasteiger charge is -2.14. The summed E-state index contributed by atoms with van der Waals surface area (Å²) in [5.74, 6) is -1.08. The first-order chi connectivity index (χ1) is 12.9. The zero-order valence-corrected chi connectivity index (χ0v) is 15.5. The first kappa shape index (κ1) is 18.7. The van der Waals surface area contributed by atoms with E-state index in [2.05, 4.69) is 0 Å². The lowest BCUT2D eigenvalue weighted by Crippen LogP contribution is -2.28. The van der Waals surface area contributed by atoms with Crippen molar-refractivity contribution in [1.29, 1.82) is 0 Å². The number of imide groups is 1. The molecule has 1 unspecified atom stereocenters. The lowest BCUT2D eigenvalue weighted by atomic mass is 10.1. The third-order valence-corrected chi connectivity index (χ3v) is 4.84. The van der Waals surface area contributed by atoms with E-state index in [0.717, 1.165) is 17.3 Å². The molecule has 1 saturated heterocycles. The van der Waals surface area contributed by atoms with E-state index in [9.17, 15) is 14.4 Å². The van der Waals surface area contributed by atoms with Crippen molar-refractivity contribution in [2.75, 3.05) is 4.90 Å². The topological polar surface area (TPSA) is 83.9 Å². The molecule has 0 radical (unpaired) electrons. The number of amides is 2. The third kappa shape index (κ3) is 4.03. The summed E-state index contributed by atoms with van der Waals surface area (Å²) in [6.07, 6.45) is 0.607. The summed E-state index contributed by atoms with van der Waals surface area (Å²) in [5, 5.41) is 8.58. The van der Waals surface area contributed by atoms with Gasteiger partial charge in [0.25, 0.3) is 11.1 Å². The molecular formula is C20H17NO5S. The third-order valence-electron chi connectivity index (χ3n) is 3.97. The Kier molecular flexibility index (Phi) is 5.32. The number of nitrogens with zero attached hydrogens (tertiary/aromatic N) is 1. The summed E-state index contributed by atoms with van der Waals surface area (Å²) in [4.78, 5) is 37.5. The van der Waals surface area contributed by atoms with Crippen LogP contribution < -0.4 is 9.64 Å². The van der Waals surface area contributed by atoms with Gasteiger partial charge in [0.2, 0.25) is 0 Å². The number of carboxylic acids is 1. The molecular weight excluding hydrogens is 366 g/mol. The number of aryl methyl sites for hydroxylation is 1. The zero-order chi connectivity index (χ0) is 19.6. The standard InChI is InChI=1S/C20H17NO5S/c1-12-6-3-4-9-16(12)21-18(22)17(27-20(21)25)11-14-7-5-8-15(10-14)26-13(2)19(23)24/h3-11,13H,1-2H3,(H,23,24)/b17-11+. The highest BCUT2D eigenvalue weighted by atomic mass is 32.2. The molecule has 0 aromatic heterocycles. The molecule has 1 heterocycles. The van der Waals surface area contributed by atoms with Crippen LogP contribution in [0.1, 0.15) is 18.1 Å². The number of carbonyl (C=O) groups excluding carboxylic acids is 2. The summed E-state index contributed by atoms with van der Waals surface area (Å²) in [7, 11) is 0. The number of hydrogen-bond acceptors (Lipinski definition) is 5. The number of ether oxygens (including phenoxy) is 1. The van der Waals surface area contributed by atoms with Crippen LogP contribution in [0.4, 0.5) is 10.5 Å². The molecule has 7 heteroatoms. The van der Waals surface area contributed by atoms with Gasteiger partial charge in [-0.15, -0.1) is 0 Å². The Hall–Kier alpha value is -3.06. The number of carboxylic acid groups (broad SMARTS) is 1. The molecule has 0 bridgehead atoms. The molecule has 0 spiro atoms. The van der Waals surface area contributed by atoms with Gasteiger partial charge < -0.3 is 9.84 Å². The highest BCUT2D eigenvalue weighted by Crippen LogP contribution is 2.37. The molecule has 138 valence electrons. The van der Waals surface area contributed by atoms with Gasteiger partial charge in [0, 0.05) is 0 Å². The van der Waals surface area contributed by atoms with Crippen LogP contribution in [0.2, 0.25) is 0 Å². The molecule has 1 fully saturated rings. The van der Waals surface area contributed by atoms with Crippen LogP contribution >= 0.6 is 11.8 Å². The van der Waals surface area contributed by atoms with Crippen molar-refractivity contribution >= 4 is 40.6 Å². The van der Waals surface area contributed by atoms with Gasteiger partial charge in [0.05, 0.1) is 10.6 Å². The minimum atomic E-state index is -1.07. The molecule has 0 saturated carbocycles. The second-order valence-electron chi connectivity index (χ2n) is 5.97. The van der Waals surface area contributed by atoms with Crippen molar-refractivity contribution in [2.24, 2.45) is 0 Å². The van der Waals surface area contributed by atoms with Crippen LogP contribution in [0, 0.1) is 6.92 Å². The maximum absolute atomic E-state index is 12.7. The average Bonchev–Trinajstić information content (AvgIpc) is 2.89.